The summed E-state index contributed by atoms with van der Waals surface area (Å²) in [4.78, 5) is 24.4. The van der Waals surface area contributed by atoms with Gasteiger partial charge in [-0.2, -0.15) is 0 Å². The van der Waals surface area contributed by atoms with Crippen molar-refractivity contribution in [3.63, 3.8) is 0 Å². The van der Waals surface area contributed by atoms with Crippen molar-refractivity contribution in [3.8, 4) is 0 Å². The molecule has 0 bridgehead atoms. The van der Waals surface area contributed by atoms with E-state index < -0.39 is 5.97 Å². The number of hydrogen-bond donors (Lipinski definition) is 1. The molecule has 1 N–H and O–H groups in total. The molecule has 0 unspecified atom stereocenters. The summed E-state index contributed by atoms with van der Waals surface area (Å²) in [6.45, 7) is 2.78. The lowest BCUT2D eigenvalue weighted by atomic mass is 10.2. The monoisotopic (exact) mass is 377 g/mol. The normalized spacial score (nSPS) is 11.1. The number of anilines is 1. The van der Waals surface area contributed by atoms with E-state index in [9.17, 15) is 9.59 Å². The number of nitrogens with zero attached hydrogens (tertiary/aromatic N) is 4. The van der Waals surface area contributed by atoms with Crippen LogP contribution in [0.2, 0.25) is 0 Å². The number of nitrogens with one attached hydrogen (secondary N) is 1. The maximum atomic E-state index is 12.7. The highest BCUT2D eigenvalue weighted by atomic mass is 16.5. The molecular formula is C20H19N5O3. The Morgan fingerprint density at radius 3 is 2.75 bits per heavy atom. The van der Waals surface area contributed by atoms with Gasteiger partial charge < -0.3 is 10.1 Å². The summed E-state index contributed by atoms with van der Waals surface area (Å²) < 4.78 is 8.25. The molecule has 4 aromatic rings. The summed E-state index contributed by atoms with van der Waals surface area (Å²) in [5.41, 5.74) is 1.90. The van der Waals surface area contributed by atoms with E-state index in [2.05, 4.69) is 15.5 Å². The first kappa shape index (κ1) is 17.7. The third-order valence-corrected chi connectivity index (χ3v) is 4.63. The van der Waals surface area contributed by atoms with Gasteiger partial charge in [-0.25, -0.2) is 4.79 Å². The van der Waals surface area contributed by atoms with Crippen molar-refractivity contribution < 1.29 is 9.53 Å². The molecule has 2 heterocycles. The molecule has 0 radical (unpaired) electrons. The second kappa shape index (κ2) is 7.15. The maximum Gasteiger partial charge on any atom is 0.337 e. The van der Waals surface area contributed by atoms with Crippen molar-refractivity contribution in [2.75, 3.05) is 12.4 Å². The molecule has 0 atom stereocenters. The van der Waals surface area contributed by atoms with Gasteiger partial charge in [-0.05, 0) is 37.3 Å². The lowest BCUT2D eigenvalue weighted by molar-refractivity contribution is 0.0601. The van der Waals surface area contributed by atoms with Gasteiger partial charge in [-0.1, -0.05) is 18.2 Å². The summed E-state index contributed by atoms with van der Waals surface area (Å²) in [5.74, 6) is 0.776. The van der Waals surface area contributed by atoms with Crippen molar-refractivity contribution in [1.82, 2.24) is 19.2 Å². The molecule has 0 saturated heterocycles. The molecule has 2 aromatic carbocycles. The Morgan fingerprint density at radius 1 is 1.14 bits per heavy atom. The van der Waals surface area contributed by atoms with Gasteiger partial charge in [-0.15, -0.1) is 10.2 Å². The van der Waals surface area contributed by atoms with Crippen molar-refractivity contribution in [1.29, 1.82) is 0 Å². The van der Waals surface area contributed by atoms with Crippen LogP contribution in [0, 0.1) is 0 Å². The minimum absolute atomic E-state index is 0.0803. The third kappa shape index (κ3) is 2.88. The van der Waals surface area contributed by atoms with E-state index in [0.29, 0.717) is 35.6 Å². The van der Waals surface area contributed by atoms with Gasteiger partial charge in [0.05, 0.1) is 30.1 Å². The van der Waals surface area contributed by atoms with E-state index in [1.807, 2.05) is 35.6 Å². The average molecular weight is 377 g/mol. The Hall–Kier alpha value is -3.68. The van der Waals surface area contributed by atoms with Gasteiger partial charge in [-0.3, -0.25) is 13.8 Å². The first-order valence-corrected chi connectivity index (χ1v) is 8.92. The molecule has 0 aliphatic heterocycles. The van der Waals surface area contributed by atoms with Gasteiger partial charge in [0.25, 0.3) is 5.56 Å². The van der Waals surface area contributed by atoms with Crippen LogP contribution in [0.4, 0.5) is 5.69 Å². The van der Waals surface area contributed by atoms with Gasteiger partial charge in [0.1, 0.15) is 0 Å². The molecule has 4 rings (SSSR count). The molecule has 0 fully saturated rings. The zero-order chi connectivity index (χ0) is 19.7. The van der Waals surface area contributed by atoms with Gasteiger partial charge in [0.15, 0.2) is 5.82 Å². The minimum Gasteiger partial charge on any atom is -0.465 e. The van der Waals surface area contributed by atoms with Crippen LogP contribution in [0.3, 0.4) is 0 Å². The second-order valence-corrected chi connectivity index (χ2v) is 6.24. The Labute approximate surface area is 160 Å². The van der Waals surface area contributed by atoms with Crippen molar-refractivity contribution in [2.24, 2.45) is 0 Å². The van der Waals surface area contributed by atoms with Gasteiger partial charge >= 0.3 is 5.97 Å². The highest BCUT2D eigenvalue weighted by molar-refractivity contribution is 5.90. The topological polar surface area (TPSA) is 90.5 Å². The largest absolute Gasteiger partial charge is 0.465 e. The number of hydrogen-bond acceptors (Lipinski definition) is 6. The third-order valence-electron chi connectivity index (χ3n) is 4.63. The Morgan fingerprint density at radius 2 is 1.96 bits per heavy atom. The number of carbonyl (C=O) groups is 1. The van der Waals surface area contributed by atoms with Gasteiger partial charge in [0, 0.05) is 12.2 Å². The number of methoxy groups -OCH3 is 1. The summed E-state index contributed by atoms with van der Waals surface area (Å²) in [7, 11) is 1.35. The molecule has 2 aromatic heterocycles. The Bertz CT molecular complexity index is 1240. The molecule has 8 heteroatoms. The van der Waals surface area contributed by atoms with E-state index in [-0.39, 0.29) is 5.56 Å². The van der Waals surface area contributed by atoms with Crippen molar-refractivity contribution in [3.05, 3.63) is 70.3 Å². The van der Waals surface area contributed by atoms with E-state index >= 15 is 0 Å². The summed E-state index contributed by atoms with van der Waals surface area (Å²) >= 11 is 0. The molecule has 0 saturated carbocycles. The number of esters is 1. The van der Waals surface area contributed by atoms with Crippen molar-refractivity contribution >= 4 is 28.3 Å². The van der Waals surface area contributed by atoms with Crippen LogP contribution < -0.4 is 10.9 Å². The molecule has 0 aliphatic rings. The number of aryl methyl sites for hydroxylation is 1. The number of carbonyl (C=O) groups excluding carboxylic acids is 1. The quantitative estimate of drug-likeness (QED) is 0.537. The molecule has 8 nitrogen and oxygen atoms in total. The average Bonchev–Trinajstić information content (AvgIpc) is 3.16. The number of benzene rings is 2. The number of rotatable bonds is 5. The smallest absolute Gasteiger partial charge is 0.337 e. The summed E-state index contributed by atoms with van der Waals surface area (Å²) in [5, 5.41) is 12.4. The van der Waals surface area contributed by atoms with Crippen LogP contribution in [0.15, 0.2) is 53.3 Å². The van der Waals surface area contributed by atoms with Crippen LogP contribution in [0.25, 0.3) is 16.7 Å². The highest BCUT2D eigenvalue weighted by Crippen LogP contribution is 2.17. The number of fused-ring (bicyclic) bond motifs is 3. The zero-order valence-electron chi connectivity index (χ0n) is 15.5. The minimum atomic E-state index is -0.394. The lowest BCUT2D eigenvalue weighted by Crippen LogP contribution is -2.22. The molecular weight excluding hydrogens is 358 g/mol. The fourth-order valence-electron chi connectivity index (χ4n) is 3.27. The maximum absolute atomic E-state index is 12.7. The summed E-state index contributed by atoms with van der Waals surface area (Å²) in [6.07, 6.45) is 0. The fraction of sp³-hybridized carbons (Fsp3) is 0.200. The fourth-order valence-corrected chi connectivity index (χ4v) is 3.27. The molecule has 0 aliphatic carbocycles. The van der Waals surface area contributed by atoms with Crippen molar-refractivity contribution in [2.45, 2.75) is 20.0 Å². The summed E-state index contributed by atoms with van der Waals surface area (Å²) in [6, 6.07) is 14.5. The molecule has 28 heavy (non-hydrogen) atoms. The van der Waals surface area contributed by atoms with E-state index in [1.165, 1.54) is 7.11 Å². The Kier molecular flexibility index (Phi) is 4.52. The first-order valence-electron chi connectivity index (χ1n) is 8.92. The van der Waals surface area contributed by atoms with E-state index in [0.717, 1.165) is 11.2 Å². The predicted molar refractivity (Wildman–Crippen MR) is 106 cm³/mol. The van der Waals surface area contributed by atoms with Crippen LogP contribution in [-0.2, 0) is 17.8 Å². The van der Waals surface area contributed by atoms with Crippen LogP contribution in [-0.4, -0.2) is 32.2 Å². The Balaban J connectivity index is 1.76. The standard InChI is InChI=1S/C20H19N5O3/c1-3-24-18(26)15-9-4-5-10-16(15)25-17(22-23-20(24)25)12-21-14-8-6-7-13(11-14)19(27)28-2/h4-11,21H,3,12H2,1-2H3. The van der Waals surface area contributed by atoms with Crippen LogP contribution in [0.5, 0.6) is 0 Å². The van der Waals surface area contributed by atoms with E-state index in [4.69, 9.17) is 4.74 Å². The number of para-hydroxylation sites is 1. The predicted octanol–water partition coefficient (Wildman–Crippen LogP) is 2.46. The molecule has 0 spiro atoms. The second-order valence-electron chi connectivity index (χ2n) is 6.24. The zero-order valence-corrected chi connectivity index (χ0v) is 15.5. The SMILES string of the molecule is CCn1c(=O)c2ccccc2n2c(CNc3cccc(C(=O)OC)c3)nnc12. The molecule has 142 valence electrons. The number of aromatic nitrogens is 4. The van der Waals surface area contributed by atoms with Crippen LogP contribution >= 0.6 is 0 Å². The highest BCUT2D eigenvalue weighted by Gasteiger charge is 2.15. The van der Waals surface area contributed by atoms with Crippen LogP contribution in [0.1, 0.15) is 23.1 Å². The first-order chi connectivity index (χ1) is 13.6. The van der Waals surface area contributed by atoms with E-state index in [1.54, 1.807) is 28.8 Å². The lowest BCUT2D eigenvalue weighted by Gasteiger charge is -2.11. The van der Waals surface area contributed by atoms with Gasteiger partial charge in [0.2, 0.25) is 5.78 Å². The molecule has 0 amide bonds. The number of ether oxygens (including phenoxy) is 1.